The predicted octanol–water partition coefficient (Wildman–Crippen LogP) is 2.02. The predicted molar refractivity (Wildman–Crippen MR) is 69.6 cm³/mol. The molecule has 1 aromatic heterocycles. The zero-order valence-electron chi connectivity index (χ0n) is 9.92. The smallest absolute Gasteiger partial charge is 0.337 e. The summed E-state index contributed by atoms with van der Waals surface area (Å²) in [5.41, 5.74) is 0.521. The first-order valence-electron chi connectivity index (χ1n) is 5.29. The molecule has 0 aliphatic heterocycles. The number of carbonyl (C=O) groups is 2. The Hall–Kier alpha value is -2.34. The van der Waals surface area contributed by atoms with E-state index in [1.807, 2.05) is 0 Å². The molecule has 7 heteroatoms. The number of rotatable bonds is 3. The normalized spacial score (nSPS) is 10.2. The van der Waals surface area contributed by atoms with Crippen LogP contribution in [-0.2, 0) is 7.05 Å². The van der Waals surface area contributed by atoms with E-state index >= 15 is 0 Å². The molecule has 0 bridgehead atoms. The second-order valence-corrected chi connectivity index (χ2v) is 4.29. The summed E-state index contributed by atoms with van der Waals surface area (Å²) in [6, 6.07) is 4.24. The molecule has 0 unspecified atom stereocenters. The van der Waals surface area contributed by atoms with Gasteiger partial charge in [0.05, 0.1) is 16.9 Å². The highest BCUT2D eigenvalue weighted by molar-refractivity contribution is 6.33. The van der Waals surface area contributed by atoms with Crippen molar-refractivity contribution in [3.05, 3.63) is 47.0 Å². The lowest BCUT2D eigenvalue weighted by molar-refractivity contribution is 0.0696. The molecule has 2 rings (SSSR count). The summed E-state index contributed by atoms with van der Waals surface area (Å²) in [6.45, 7) is 0. The summed E-state index contributed by atoms with van der Waals surface area (Å²) in [5, 5.41) is 11.6. The Morgan fingerprint density at radius 3 is 2.74 bits per heavy atom. The Bertz CT molecular complexity index is 651. The molecule has 1 heterocycles. The van der Waals surface area contributed by atoms with Gasteiger partial charge in [-0.2, -0.15) is 0 Å². The maximum atomic E-state index is 11.8. The van der Waals surface area contributed by atoms with Crippen molar-refractivity contribution in [3.8, 4) is 0 Å². The van der Waals surface area contributed by atoms with Gasteiger partial charge in [-0.15, -0.1) is 0 Å². The number of imidazole rings is 1. The zero-order chi connectivity index (χ0) is 14.0. The Balaban J connectivity index is 2.22. The maximum Gasteiger partial charge on any atom is 0.337 e. The number of hydrogen-bond donors (Lipinski definition) is 2. The van der Waals surface area contributed by atoms with Crippen molar-refractivity contribution in [1.82, 2.24) is 9.55 Å². The van der Waals surface area contributed by atoms with E-state index in [1.54, 1.807) is 17.8 Å². The van der Waals surface area contributed by atoms with Crippen LogP contribution in [-0.4, -0.2) is 26.5 Å². The maximum absolute atomic E-state index is 11.8. The molecule has 0 radical (unpaired) electrons. The first-order chi connectivity index (χ1) is 8.97. The Labute approximate surface area is 113 Å². The van der Waals surface area contributed by atoms with Gasteiger partial charge in [-0.25, -0.2) is 9.78 Å². The van der Waals surface area contributed by atoms with Crippen LogP contribution in [0, 0.1) is 0 Å². The van der Waals surface area contributed by atoms with Crippen LogP contribution in [0.3, 0.4) is 0 Å². The molecule has 0 aliphatic rings. The van der Waals surface area contributed by atoms with Gasteiger partial charge < -0.3 is 15.0 Å². The Morgan fingerprint density at radius 1 is 1.42 bits per heavy atom. The third kappa shape index (κ3) is 2.92. The highest BCUT2D eigenvalue weighted by atomic mass is 35.5. The number of nitrogens with zero attached hydrogens (tertiary/aromatic N) is 2. The average molecular weight is 280 g/mol. The van der Waals surface area contributed by atoms with Gasteiger partial charge in [0.1, 0.15) is 5.69 Å². The van der Waals surface area contributed by atoms with Gasteiger partial charge in [0, 0.05) is 18.9 Å². The average Bonchev–Trinajstić information content (AvgIpc) is 2.78. The monoisotopic (exact) mass is 279 g/mol. The van der Waals surface area contributed by atoms with Crippen molar-refractivity contribution >= 4 is 29.2 Å². The van der Waals surface area contributed by atoms with Gasteiger partial charge in [0.25, 0.3) is 5.91 Å². The molecule has 0 atom stereocenters. The van der Waals surface area contributed by atoms with Crippen LogP contribution in [0.15, 0.2) is 30.7 Å². The highest BCUT2D eigenvalue weighted by Gasteiger charge is 2.12. The van der Waals surface area contributed by atoms with Crippen molar-refractivity contribution in [2.24, 2.45) is 7.05 Å². The number of carboxylic acid groups (broad SMARTS) is 1. The van der Waals surface area contributed by atoms with E-state index in [9.17, 15) is 9.59 Å². The van der Waals surface area contributed by atoms with Gasteiger partial charge in [0.15, 0.2) is 0 Å². The molecule has 2 aromatic rings. The van der Waals surface area contributed by atoms with Crippen LogP contribution in [0.4, 0.5) is 5.69 Å². The van der Waals surface area contributed by atoms with E-state index in [0.717, 1.165) is 0 Å². The fourth-order valence-corrected chi connectivity index (χ4v) is 1.69. The van der Waals surface area contributed by atoms with Crippen molar-refractivity contribution in [1.29, 1.82) is 0 Å². The minimum absolute atomic E-state index is 0.0690. The van der Waals surface area contributed by atoms with Crippen molar-refractivity contribution < 1.29 is 14.7 Å². The molecule has 0 fully saturated rings. The number of amides is 1. The van der Waals surface area contributed by atoms with Gasteiger partial charge in [-0.3, -0.25) is 4.79 Å². The number of aromatic carboxylic acids is 1. The number of carboxylic acids is 1. The zero-order valence-corrected chi connectivity index (χ0v) is 10.7. The molecule has 19 heavy (non-hydrogen) atoms. The first-order valence-corrected chi connectivity index (χ1v) is 5.67. The molecule has 0 saturated heterocycles. The molecule has 0 spiro atoms. The molecule has 0 saturated carbocycles. The molecule has 98 valence electrons. The molecule has 6 nitrogen and oxygen atoms in total. The van der Waals surface area contributed by atoms with Crippen molar-refractivity contribution in [2.75, 3.05) is 5.32 Å². The molecule has 1 aromatic carbocycles. The Morgan fingerprint density at radius 2 is 2.16 bits per heavy atom. The minimum atomic E-state index is -1.15. The van der Waals surface area contributed by atoms with E-state index in [2.05, 4.69) is 10.3 Å². The lowest BCUT2D eigenvalue weighted by Gasteiger charge is -2.05. The summed E-state index contributed by atoms with van der Waals surface area (Å²) in [5.74, 6) is -1.57. The molecular formula is C12H10ClN3O3. The van der Waals surface area contributed by atoms with Crippen LogP contribution in [0.1, 0.15) is 20.8 Å². The number of aromatic nitrogens is 2. The molecule has 1 amide bonds. The van der Waals surface area contributed by atoms with E-state index in [0.29, 0.717) is 5.69 Å². The van der Waals surface area contributed by atoms with Crippen LogP contribution in [0.5, 0.6) is 0 Å². The van der Waals surface area contributed by atoms with Gasteiger partial charge in [0.2, 0.25) is 0 Å². The van der Waals surface area contributed by atoms with Crippen molar-refractivity contribution in [2.45, 2.75) is 0 Å². The standard InChI is InChI=1S/C12H10ClN3O3/c1-16-5-10(14-6-16)11(17)15-7-2-3-9(13)8(4-7)12(18)19/h2-6H,1H3,(H,15,17)(H,18,19). The SMILES string of the molecule is Cn1cnc(C(=O)Nc2ccc(Cl)c(C(=O)O)c2)c1. The van der Waals surface area contributed by atoms with Gasteiger partial charge in [-0.05, 0) is 18.2 Å². The number of anilines is 1. The fraction of sp³-hybridized carbons (Fsp3) is 0.0833. The molecule has 2 N–H and O–H groups in total. The van der Waals surface area contributed by atoms with Crippen molar-refractivity contribution in [3.63, 3.8) is 0 Å². The minimum Gasteiger partial charge on any atom is -0.478 e. The third-order valence-corrected chi connectivity index (χ3v) is 2.72. The lowest BCUT2D eigenvalue weighted by atomic mass is 10.2. The van der Waals surface area contributed by atoms with Crippen LogP contribution >= 0.6 is 11.6 Å². The summed E-state index contributed by atoms with van der Waals surface area (Å²) < 4.78 is 1.64. The van der Waals surface area contributed by atoms with E-state index in [1.165, 1.54) is 24.5 Å². The van der Waals surface area contributed by atoms with E-state index in [-0.39, 0.29) is 16.3 Å². The van der Waals surface area contributed by atoms with Gasteiger partial charge >= 0.3 is 5.97 Å². The quantitative estimate of drug-likeness (QED) is 0.900. The summed E-state index contributed by atoms with van der Waals surface area (Å²) in [4.78, 5) is 26.6. The molecular weight excluding hydrogens is 270 g/mol. The van der Waals surface area contributed by atoms with Crippen LogP contribution in [0.25, 0.3) is 0 Å². The van der Waals surface area contributed by atoms with E-state index in [4.69, 9.17) is 16.7 Å². The largest absolute Gasteiger partial charge is 0.478 e. The third-order valence-electron chi connectivity index (χ3n) is 2.39. The summed E-state index contributed by atoms with van der Waals surface area (Å²) in [6.07, 6.45) is 3.06. The topological polar surface area (TPSA) is 84.2 Å². The fourth-order valence-electron chi connectivity index (χ4n) is 1.49. The highest BCUT2D eigenvalue weighted by Crippen LogP contribution is 2.20. The number of hydrogen-bond acceptors (Lipinski definition) is 3. The number of halogens is 1. The lowest BCUT2D eigenvalue weighted by Crippen LogP contribution is -2.13. The summed E-state index contributed by atoms with van der Waals surface area (Å²) >= 11 is 5.74. The number of nitrogens with one attached hydrogen (secondary N) is 1. The number of aryl methyl sites for hydroxylation is 1. The second-order valence-electron chi connectivity index (χ2n) is 3.88. The van der Waals surface area contributed by atoms with Crippen LogP contribution in [0.2, 0.25) is 5.02 Å². The van der Waals surface area contributed by atoms with Crippen LogP contribution < -0.4 is 5.32 Å². The first kappa shape index (κ1) is 13.1. The number of carbonyl (C=O) groups excluding carboxylic acids is 1. The summed E-state index contributed by atoms with van der Waals surface area (Å²) in [7, 11) is 1.74. The van der Waals surface area contributed by atoms with Gasteiger partial charge in [-0.1, -0.05) is 11.6 Å². The second kappa shape index (κ2) is 5.11. The Kier molecular flexibility index (Phi) is 3.52. The van der Waals surface area contributed by atoms with E-state index < -0.39 is 11.9 Å². The molecule has 0 aliphatic carbocycles. The number of benzene rings is 1.